The van der Waals surface area contributed by atoms with E-state index in [0.717, 1.165) is 17.3 Å². The van der Waals surface area contributed by atoms with Crippen molar-refractivity contribution in [1.29, 1.82) is 0 Å². The van der Waals surface area contributed by atoms with E-state index in [1.54, 1.807) is 28.0 Å². The molecule has 5 rings (SSSR count). The van der Waals surface area contributed by atoms with Crippen molar-refractivity contribution >= 4 is 27.4 Å². The summed E-state index contributed by atoms with van der Waals surface area (Å²) in [6, 6.07) is 6.32. The van der Waals surface area contributed by atoms with E-state index in [2.05, 4.69) is 20.4 Å². The minimum Gasteiger partial charge on any atom is -0.264 e. The summed E-state index contributed by atoms with van der Waals surface area (Å²) in [6.45, 7) is 5.47. The Hall–Kier alpha value is -2.91. The summed E-state index contributed by atoms with van der Waals surface area (Å²) >= 11 is 1.85. The van der Waals surface area contributed by atoms with Crippen molar-refractivity contribution in [2.75, 3.05) is 19.7 Å². The molecular weight excluding hydrogens is 536 g/mol. The summed E-state index contributed by atoms with van der Waals surface area (Å²) in [4.78, 5) is 22.9. The molecule has 1 saturated heterocycles. The number of carbonyl (C=O) groups excluding carboxylic acids is 1. The van der Waals surface area contributed by atoms with E-state index in [0.29, 0.717) is 38.4 Å². The van der Waals surface area contributed by atoms with Crippen LogP contribution in [0, 0.1) is 0 Å². The summed E-state index contributed by atoms with van der Waals surface area (Å²) in [6.07, 6.45) is 0.826. The molecule has 0 aliphatic carbocycles. The van der Waals surface area contributed by atoms with E-state index in [1.807, 2.05) is 42.8 Å². The second-order valence-electron chi connectivity index (χ2n) is 9.54. The number of rotatable bonds is 3. The van der Waals surface area contributed by atoms with Gasteiger partial charge >= 0.3 is 160 Å². The van der Waals surface area contributed by atoms with E-state index in [-0.39, 0.29) is 16.1 Å². The van der Waals surface area contributed by atoms with Gasteiger partial charge in [0.1, 0.15) is 0 Å². The molecule has 0 bridgehead atoms. The van der Waals surface area contributed by atoms with Crippen LogP contribution in [0.3, 0.4) is 0 Å². The molecule has 2 aliphatic heterocycles. The SMILES string of the molecule is CC(C)(NC(=O)N1CC[C@]2(C1)OCCn1nc(-c3cnc([As])c(C(F)(F)F)c3)cc12)c1cccnc1. The Kier molecular flexibility index (Phi) is 6.11. The first kappa shape index (κ1) is 24.8. The van der Waals surface area contributed by atoms with Crippen LogP contribution in [0.2, 0.25) is 0 Å². The number of hydrogen-bond donors (Lipinski definition) is 1. The zero-order chi connectivity index (χ0) is 25.7. The molecule has 5 heterocycles. The third kappa shape index (κ3) is 4.50. The van der Waals surface area contributed by atoms with Gasteiger partial charge < -0.3 is 0 Å². The van der Waals surface area contributed by atoms with Gasteiger partial charge in [0.2, 0.25) is 0 Å². The normalized spacial score (nSPS) is 20.0. The predicted molar refractivity (Wildman–Crippen MR) is 125 cm³/mol. The molecule has 36 heavy (non-hydrogen) atoms. The summed E-state index contributed by atoms with van der Waals surface area (Å²) in [5, 5.41) is 7.63. The van der Waals surface area contributed by atoms with Gasteiger partial charge in [0, 0.05) is 12.4 Å². The number of hydrogen-bond acceptors (Lipinski definition) is 5. The Morgan fingerprint density at radius 1 is 1.22 bits per heavy atom. The van der Waals surface area contributed by atoms with Gasteiger partial charge in [-0.25, -0.2) is 0 Å². The number of fused-ring (bicyclic) bond motifs is 2. The minimum absolute atomic E-state index is 0.144. The van der Waals surface area contributed by atoms with Gasteiger partial charge in [-0.3, -0.25) is 4.98 Å². The van der Waals surface area contributed by atoms with Crippen LogP contribution in [0.5, 0.6) is 0 Å². The predicted octanol–water partition coefficient (Wildman–Crippen LogP) is 2.73. The third-order valence-electron chi connectivity index (χ3n) is 6.72. The van der Waals surface area contributed by atoms with Crippen LogP contribution in [-0.2, 0) is 28.6 Å². The van der Waals surface area contributed by atoms with Gasteiger partial charge in [-0.1, -0.05) is 6.07 Å². The number of urea groups is 1. The van der Waals surface area contributed by atoms with E-state index in [1.165, 1.54) is 6.20 Å². The van der Waals surface area contributed by atoms with Gasteiger partial charge in [-0.15, -0.1) is 0 Å². The quantitative estimate of drug-likeness (QED) is 0.499. The van der Waals surface area contributed by atoms with Gasteiger partial charge in [0.15, 0.2) is 0 Å². The van der Waals surface area contributed by atoms with Gasteiger partial charge in [0.25, 0.3) is 0 Å². The molecule has 0 saturated carbocycles. The van der Waals surface area contributed by atoms with E-state index in [4.69, 9.17) is 4.74 Å². The Labute approximate surface area is 214 Å². The van der Waals surface area contributed by atoms with Crippen LogP contribution in [0.25, 0.3) is 11.3 Å². The number of ether oxygens (including phenoxy) is 1. The maximum absolute atomic E-state index is 13.4. The number of amides is 2. The second-order valence-corrected chi connectivity index (χ2v) is 10.4. The molecule has 8 nitrogen and oxygen atoms in total. The Bertz CT molecular complexity index is 1300. The number of nitrogens with zero attached hydrogens (tertiary/aromatic N) is 5. The monoisotopic (exact) mass is 560 g/mol. The molecular formula is C24H24AsF3N6O2. The average Bonchev–Trinajstić information content (AvgIpc) is 3.45. The zero-order valence-electron chi connectivity index (χ0n) is 19.7. The van der Waals surface area contributed by atoms with Gasteiger partial charge in [-0.2, -0.15) is 0 Å². The first-order valence-corrected chi connectivity index (χ1v) is 12.4. The molecule has 1 N–H and O–H groups in total. The molecule has 3 aromatic heterocycles. The van der Waals surface area contributed by atoms with Crippen molar-refractivity contribution in [3.63, 3.8) is 0 Å². The summed E-state index contributed by atoms with van der Waals surface area (Å²) < 4.78 is 48.1. The van der Waals surface area contributed by atoms with E-state index >= 15 is 0 Å². The molecule has 2 radical (unpaired) electrons. The van der Waals surface area contributed by atoms with Crippen LogP contribution < -0.4 is 9.80 Å². The summed E-state index contributed by atoms with van der Waals surface area (Å²) in [7, 11) is 0. The zero-order valence-corrected chi connectivity index (χ0v) is 21.6. The van der Waals surface area contributed by atoms with Crippen LogP contribution in [0.15, 0.2) is 42.9 Å². The number of nitrogens with one attached hydrogen (secondary N) is 1. The first-order chi connectivity index (χ1) is 17.0. The van der Waals surface area contributed by atoms with Crippen LogP contribution in [0.4, 0.5) is 18.0 Å². The van der Waals surface area contributed by atoms with E-state index in [9.17, 15) is 18.0 Å². The van der Waals surface area contributed by atoms with Gasteiger partial charge in [-0.05, 0) is 25.5 Å². The Morgan fingerprint density at radius 2 is 2.03 bits per heavy atom. The Morgan fingerprint density at radius 3 is 2.75 bits per heavy atom. The standard InChI is InChI=1S/C24H24AsF3N6O2/c1-22(2,16-4-3-6-29-13-16)31-21(35)33-7-5-23(14-33)19-11-18(32-34(19)8-9-36-23)15-10-17(24(26,27)28)20(25)30-12-15/h3-4,6,10-13H,5,7-9,14H2,1-2H3,(H,31,35)/t23-/m1/s1. The topological polar surface area (TPSA) is 85.2 Å². The largest absolute Gasteiger partial charge is 0.264 e. The number of carbonyl (C=O) groups is 1. The van der Waals surface area contributed by atoms with Crippen LogP contribution >= 0.6 is 0 Å². The van der Waals surface area contributed by atoms with Crippen molar-refractivity contribution < 1.29 is 22.7 Å². The fourth-order valence-corrected chi connectivity index (χ4v) is 5.26. The number of alkyl halides is 3. The van der Waals surface area contributed by atoms with E-state index < -0.39 is 22.9 Å². The van der Waals surface area contributed by atoms with Crippen LogP contribution in [-0.4, -0.2) is 67.2 Å². The van der Waals surface area contributed by atoms with Crippen molar-refractivity contribution in [3.05, 3.63) is 59.7 Å². The smallest absolute Gasteiger partial charge is 0.0323 e. The second kappa shape index (κ2) is 8.88. The number of halogens is 3. The number of aromatic nitrogens is 4. The van der Waals surface area contributed by atoms with Gasteiger partial charge in [0.05, 0.1) is 5.54 Å². The summed E-state index contributed by atoms with van der Waals surface area (Å²) in [5.74, 6) is 0. The molecule has 3 aromatic rings. The fourth-order valence-electron chi connectivity index (χ4n) is 4.74. The van der Waals surface area contributed by atoms with Crippen molar-refractivity contribution in [2.24, 2.45) is 0 Å². The van der Waals surface area contributed by atoms with Crippen molar-refractivity contribution in [2.45, 2.75) is 44.1 Å². The maximum atomic E-state index is 13.4. The molecule has 0 aromatic carbocycles. The Balaban J connectivity index is 1.39. The fraction of sp³-hybridized carbons (Fsp3) is 0.417. The van der Waals surface area contributed by atoms with Crippen molar-refractivity contribution in [3.8, 4) is 11.3 Å². The molecule has 2 aliphatic rings. The van der Waals surface area contributed by atoms with Crippen molar-refractivity contribution in [1.82, 2.24) is 30.0 Å². The minimum atomic E-state index is -4.52. The molecule has 2 amide bonds. The number of likely N-dealkylation sites (tertiary alicyclic amines) is 1. The molecule has 1 atom stereocenters. The molecule has 1 fully saturated rings. The molecule has 0 unspecified atom stereocenters. The number of pyridine rings is 2. The average molecular weight is 560 g/mol. The first-order valence-electron chi connectivity index (χ1n) is 11.4. The summed E-state index contributed by atoms with van der Waals surface area (Å²) in [5.41, 5.74) is 0.0822. The van der Waals surface area contributed by atoms with Crippen LogP contribution in [0.1, 0.15) is 37.1 Å². The third-order valence-corrected chi connectivity index (χ3v) is 7.47. The molecule has 188 valence electrons. The maximum Gasteiger partial charge on any atom is 0.0323 e. The molecule has 12 heteroatoms. The molecule has 1 spiro atoms.